The summed E-state index contributed by atoms with van der Waals surface area (Å²) in [4.78, 5) is 21.5. The van der Waals surface area contributed by atoms with Crippen molar-refractivity contribution in [3.8, 4) is 11.5 Å². The van der Waals surface area contributed by atoms with Crippen LogP contribution in [-0.2, 0) is 19.6 Å². The number of halogens is 4. The summed E-state index contributed by atoms with van der Waals surface area (Å²) in [6, 6.07) is 7.90. The summed E-state index contributed by atoms with van der Waals surface area (Å²) in [5.74, 6) is -0.306. The van der Waals surface area contributed by atoms with E-state index in [0.29, 0.717) is 41.0 Å². The first-order chi connectivity index (χ1) is 19.5. The molecule has 1 aliphatic rings. The standard InChI is InChI=1S/C27H31F4N7O2S/c1-36(2)13-16-8-10-41-24(16)26(39)32-12-23-34-25(35-40-23)22-11-17-19(33-20-7-9-37(3)14-18(20)28)5-4-6-21(17)38(22)15-27(29,30)31/h4-6,8,10-11,18,20,33H,7,9,12-15H2,1-3H3,(H,32,39)/t18-,20+/m0/s1. The molecule has 9 nitrogen and oxygen atoms in total. The molecule has 2 atom stereocenters. The average molecular weight is 594 g/mol. The number of hydrogen-bond donors (Lipinski definition) is 2. The van der Waals surface area contributed by atoms with Crippen molar-refractivity contribution in [1.29, 1.82) is 0 Å². The molecule has 0 bridgehead atoms. The van der Waals surface area contributed by atoms with Gasteiger partial charge in [0, 0.05) is 30.7 Å². The molecular formula is C27H31F4N7O2S. The number of carbonyl (C=O) groups excluding carboxylic acids is 1. The van der Waals surface area contributed by atoms with Crippen molar-refractivity contribution in [3.63, 3.8) is 0 Å². The monoisotopic (exact) mass is 593 g/mol. The van der Waals surface area contributed by atoms with Crippen LogP contribution in [0, 0.1) is 0 Å². The van der Waals surface area contributed by atoms with Crippen LogP contribution in [0.3, 0.4) is 0 Å². The molecule has 1 aromatic carbocycles. The quantitative estimate of drug-likeness (QED) is 0.271. The highest BCUT2D eigenvalue weighted by Gasteiger charge is 2.32. The first-order valence-corrected chi connectivity index (χ1v) is 14.0. The van der Waals surface area contributed by atoms with Gasteiger partial charge in [0.25, 0.3) is 5.91 Å². The van der Waals surface area contributed by atoms with Gasteiger partial charge in [0.1, 0.15) is 12.7 Å². The summed E-state index contributed by atoms with van der Waals surface area (Å²) in [5, 5.41) is 12.2. The fourth-order valence-electron chi connectivity index (χ4n) is 5.03. The molecule has 0 spiro atoms. The Labute approximate surface area is 238 Å². The molecule has 1 saturated heterocycles. The van der Waals surface area contributed by atoms with Gasteiger partial charge in [0.2, 0.25) is 11.7 Å². The zero-order valence-electron chi connectivity index (χ0n) is 22.8. The summed E-state index contributed by atoms with van der Waals surface area (Å²) in [6.07, 6.45) is -5.08. The molecular weight excluding hydrogens is 562 g/mol. The molecule has 0 aliphatic carbocycles. The van der Waals surface area contributed by atoms with Gasteiger partial charge < -0.3 is 29.5 Å². The Bertz CT molecular complexity index is 1510. The third kappa shape index (κ3) is 6.71. The highest BCUT2D eigenvalue weighted by Crippen LogP contribution is 2.35. The number of nitrogens with zero attached hydrogens (tertiary/aromatic N) is 5. The van der Waals surface area contributed by atoms with E-state index in [1.807, 2.05) is 42.4 Å². The normalized spacial score (nSPS) is 18.3. The van der Waals surface area contributed by atoms with Gasteiger partial charge >= 0.3 is 6.18 Å². The number of amides is 1. The second kappa shape index (κ2) is 11.8. The van der Waals surface area contributed by atoms with Crippen molar-refractivity contribution < 1.29 is 26.9 Å². The van der Waals surface area contributed by atoms with Crippen LogP contribution in [0.15, 0.2) is 40.2 Å². The van der Waals surface area contributed by atoms with Crippen molar-refractivity contribution in [2.75, 3.05) is 39.5 Å². The van der Waals surface area contributed by atoms with E-state index in [1.54, 1.807) is 24.3 Å². The molecule has 41 heavy (non-hydrogen) atoms. The second-order valence-corrected chi connectivity index (χ2v) is 11.4. The smallest absolute Gasteiger partial charge is 0.379 e. The molecule has 1 amide bonds. The maximum atomic E-state index is 14.7. The second-order valence-electron chi connectivity index (χ2n) is 10.5. The highest BCUT2D eigenvalue weighted by molar-refractivity contribution is 7.12. The maximum Gasteiger partial charge on any atom is 0.406 e. The van der Waals surface area contributed by atoms with Gasteiger partial charge in [-0.2, -0.15) is 18.2 Å². The number of benzene rings is 1. The zero-order valence-corrected chi connectivity index (χ0v) is 23.7. The molecule has 220 valence electrons. The van der Waals surface area contributed by atoms with E-state index in [4.69, 9.17) is 4.52 Å². The molecule has 1 aliphatic heterocycles. The number of carbonyl (C=O) groups is 1. The van der Waals surface area contributed by atoms with Gasteiger partial charge in [0.05, 0.1) is 28.7 Å². The molecule has 5 rings (SSSR count). The number of anilines is 1. The van der Waals surface area contributed by atoms with Crippen LogP contribution < -0.4 is 10.6 Å². The number of nitrogens with one attached hydrogen (secondary N) is 2. The Hall–Kier alpha value is -3.49. The van der Waals surface area contributed by atoms with Crippen molar-refractivity contribution in [1.82, 2.24) is 29.8 Å². The van der Waals surface area contributed by atoms with Gasteiger partial charge in [-0.1, -0.05) is 11.2 Å². The summed E-state index contributed by atoms with van der Waals surface area (Å²) in [6.45, 7) is 0.218. The van der Waals surface area contributed by atoms with Crippen LogP contribution >= 0.6 is 11.3 Å². The largest absolute Gasteiger partial charge is 0.406 e. The maximum absolute atomic E-state index is 14.7. The third-order valence-electron chi connectivity index (χ3n) is 6.91. The number of piperidine rings is 1. The fourth-order valence-corrected chi connectivity index (χ4v) is 5.86. The van der Waals surface area contributed by atoms with Crippen LogP contribution in [0.5, 0.6) is 0 Å². The van der Waals surface area contributed by atoms with Crippen LogP contribution in [0.4, 0.5) is 23.2 Å². The van der Waals surface area contributed by atoms with E-state index in [2.05, 4.69) is 20.8 Å². The predicted molar refractivity (Wildman–Crippen MR) is 149 cm³/mol. The lowest BCUT2D eigenvalue weighted by atomic mass is 10.0. The number of aromatic nitrogens is 3. The Balaban J connectivity index is 1.40. The van der Waals surface area contributed by atoms with E-state index in [-0.39, 0.29) is 36.4 Å². The molecule has 0 radical (unpaired) electrons. The lowest BCUT2D eigenvalue weighted by Crippen LogP contribution is -2.46. The van der Waals surface area contributed by atoms with Crippen LogP contribution in [0.25, 0.3) is 22.4 Å². The van der Waals surface area contributed by atoms with E-state index in [0.717, 1.165) is 10.1 Å². The summed E-state index contributed by atoms with van der Waals surface area (Å²) in [5.41, 5.74) is 1.81. The summed E-state index contributed by atoms with van der Waals surface area (Å²) in [7, 11) is 5.66. The molecule has 14 heteroatoms. The number of fused-ring (bicyclic) bond motifs is 1. The Morgan fingerprint density at radius 2 is 2.07 bits per heavy atom. The first-order valence-electron chi connectivity index (χ1n) is 13.1. The summed E-state index contributed by atoms with van der Waals surface area (Å²) >= 11 is 1.31. The summed E-state index contributed by atoms with van der Waals surface area (Å²) < 4.78 is 62.1. The van der Waals surface area contributed by atoms with Gasteiger partial charge in [0.15, 0.2) is 0 Å². The molecule has 4 aromatic rings. The SMILES string of the molecule is CN(C)Cc1ccsc1C(=O)NCc1nc(-c2cc3c(N[C@@H]4CCN(C)C[C@@H]4F)cccc3n2CC(F)(F)F)no1. The number of alkyl halides is 4. The molecule has 0 saturated carbocycles. The van der Waals surface area contributed by atoms with Gasteiger partial charge in [-0.25, -0.2) is 4.39 Å². The van der Waals surface area contributed by atoms with Gasteiger partial charge in [-0.05, 0) is 62.8 Å². The van der Waals surface area contributed by atoms with E-state index < -0.39 is 24.9 Å². The minimum absolute atomic E-state index is 0.0484. The van der Waals surface area contributed by atoms with Crippen molar-refractivity contribution in [2.45, 2.75) is 44.4 Å². The highest BCUT2D eigenvalue weighted by atomic mass is 32.1. The third-order valence-corrected chi connectivity index (χ3v) is 7.86. The van der Waals surface area contributed by atoms with Crippen LogP contribution in [0.2, 0.25) is 0 Å². The van der Waals surface area contributed by atoms with E-state index in [1.165, 1.54) is 11.3 Å². The van der Waals surface area contributed by atoms with Gasteiger partial charge in [-0.15, -0.1) is 11.3 Å². The lowest BCUT2D eigenvalue weighted by molar-refractivity contribution is -0.139. The van der Waals surface area contributed by atoms with Crippen molar-refractivity contribution >= 4 is 33.8 Å². The molecule has 1 fully saturated rings. The topological polar surface area (TPSA) is 91.5 Å². The van der Waals surface area contributed by atoms with Crippen molar-refractivity contribution in [3.05, 3.63) is 52.0 Å². The van der Waals surface area contributed by atoms with Gasteiger partial charge in [-0.3, -0.25) is 4.79 Å². The lowest BCUT2D eigenvalue weighted by Gasteiger charge is -2.33. The minimum Gasteiger partial charge on any atom is -0.379 e. The predicted octanol–water partition coefficient (Wildman–Crippen LogP) is 4.76. The molecule has 2 N–H and O–H groups in total. The molecule has 3 aromatic heterocycles. The fraction of sp³-hybridized carbons (Fsp3) is 0.444. The Morgan fingerprint density at radius 1 is 1.27 bits per heavy atom. The number of rotatable bonds is 9. The number of hydrogen-bond acceptors (Lipinski definition) is 8. The first kappa shape index (κ1) is 29.0. The Kier molecular flexibility index (Phi) is 8.34. The van der Waals surface area contributed by atoms with E-state index in [9.17, 15) is 22.4 Å². The number of likely N-dealkylation sites (tertiary alicyclic amines) is 1. The average Bonchev–Trinajstić information content (AvgIpc) is 3.63. The molecule has 4 heterocycles. The minimum atomic E-state index is -4.52. The van der Waals surface area contributed by atoms with Crippen LogP contribution in [-0.4, -0.2) is 83.0 Å². The Morgan fingerprint density at radius 3 is 2.80 bits per heavy atom. The zero-order chi connectivity index (χ0) is 29.3. The van der Waals surface area contributed by atoms with Crippen molar-refractivity contribution in [2.24, 2.45) is 0 Å². The molecule has 0 unspecified atom stereocenters. The van der Waals surface area contributed by atoms with E-state index >= 15 is 0 Å². The van der Waals surface area contributed by atoms with Crippen LogP contribution in [0.1, 0.15) is 27.5 Å². The number of thiophene rings is 1.